The summed E-state index contributed by atoms with van der Waals surface area (Å²) in [6, 6.07) is 11.8. The van der Waals surface area contributed by atoms with Gasteiger partial charge >= 0.3 is 5.97 Å². The van der Waals surface area contributed by atoms with Crippen LogP contribution in [0.2, 0.25) is 0 Å². The number of carbonyl (C=O) groups is 2. The summed E-state index contributed by atoms with van der Waals surface area (Å²) in [5.74, 6) is -1.59. The molecule has 3 aromatic rings. The fourth-order valence-electron chi connectivity index (χ4n) is 3.78. The highest BCUT2D eigenvalue weighted by molar-refractivity contribution is 6.00. The van der Waals surface area contributed by atoms with Gasteiger partial charge in [0.1, 0.15) is 11.6 Å². The molecule has 7 heteroatoms. The normalized spacial score (nSPS) is 15.6. The molecule has 2 aliphatic rings. The van der Waals surface area contributed by atoms with Crippen LogP contribution in [-0.4, -0.2) is 31.4 Å². The predicted octanol–water partition coefficient (Wildman–Crippen LogP) is 3.74. The number of nitrogens with zero attached hydrogens (tertiary/aromatic N) is 3. The van der Waals surface area contributed by atoms with E-state index >= 15 is 0 Å². The molecule has 0 unspecified atom stereocenters. The van der Waals surface area contributed by atoms with Gasteiger partial charge in [-0.3, -0.25) is 4.79 Å². The summed E-state index contributed by atoms with van der Waals surface area (Å²) in [6.07, 6.45) is 3.99. The van der Waals surface area contributed by atoms with Crippen LogP contribution in [0.25, 0.3) is 5.69 Å². The zero-order valence-corrected chi connectivity index (χ0v) is 15.5. The lowest BCUT2D eigenvalue weighted by molar-refractivity contribution is 0.0687. The lowest BCUT2D eigenvalue weighted by Gasteiger charge is -2.20. The van der Waals surface area contributed by atoms with Gasteiger partial charge in [-0.2, -0.15) is 0 Å². The van der Waals surface area contributed by atoms with E-state index in [1.807, 2.05) is 36.5 Å². The standard InChI is InChI=1S/C22H18FN3O3/c23-17-8-16-19(9-15(17)22(28)29)26-11-18(14-6-7-14)24-20(26)12-25(21(16)27)10-13-4-2-1-3-5-13/h1-5,8-9,11,14H,6-7,10,12H2,(H,28,29). The van der Waals surface area contributed by atoms with Gasteiger partial charge in [0.15, 0.2) is 0 Å². The lowest BCUT2D eigenvalue weighted by atomic mass is 10.1. The van der Waals surface area contributed by atoms with Crippen LogP contribution < -0.4 is 0 Å². The molecule has 1 aliphatic heterocycles. The van der Waals surface area contributed by atoms with Crippen LogP contribution >= 0.6 is 0 Å². The van der Waals surface area contributed by atoms with E-state index < -0.39 is 17.3 Å². The Hall–Kier alpha value is -3.48. The average Bonchev–Trinajstić information content (AvgIpc) is 3.49. The molecule has 146 valence electrons. The summed E-state index contributed by atoms with van der Waals surface area (Å²) >= 11 is 0. The van der Waals surface area contributed by atoms with E-state index in [2.05, 4.69) is 0 Å². The summed E-state index contributed by atoms with van der Waals surface area (Å²) in [6.45, 7) is 0.617. The fraction of sp³-hybridized carbons (Fsp3) is 0.227. The van der Waals surface area contributed by atoms with Crippen molar-refractivity contribution in [2.24, 2.45) is 0 Å². The van der Waals surface area contributed by atoms with Gasteiger partial charge in [-0.1, -0.05) is 30.3 Å². The molecule has 0 atom stereocenters. The number of carbonyl (C=O) groups excluding carboxylic acids is 1. The van der Waals surface area contributed by atoms with E-state index in [-0.39, 0.29) is 18.0 Å². The van der Waals surface area contributed by atoms with Crippen molar-refractivity contribution in [3.05, 3.63) is 82.7 Å². The molecule has 1 saturated carbocycles. The zero-order valence-electron chi connectivity index (χ0n) is 15.5. The maximum Gasteiger partial charge on any atom is 0.338 e. The maximum absolute atomic E-state index is 14.4. The minimum atomic E-state index is -1.37. The first-order valence-corrected chi connectivity index (χ1v) is 9.50. The Labute approximate surface area is 166 Å². The van der Waals surface area contributed by atoms with Crippen molar-refractivity contribution in [3.63, 3.8) is 0 Å². The second kappa shape index (κ2) is 6.55. The van der Waals surface area contributed by atoms with E-state index in [4.69, 9.17) is 4.98 Å². The van der Waals surface area contributed by atoms with E-state index in [1.54, 1.807) is 9.47 Å². The van der Waals surface area contributed by atoms with Gasteiger partial charge in [-0.15, -0.1) is 0 Å². The van der Waals surface area contributed by atoms with Crippen molar-refractivity contribution in [1.82, 2.24) is 14.5 Å². The average molecular weight is 391 g/mol. The van der Waals surface area contributed by atoms with Gasteiger partial charge in [0.25, 0.3) is 5.91 Å². The Bertz CT molecular complexity index is 1140. The minimum absolute atomic E-state index is 0.141. The molecule has 29 heavy (non-hydrogen) atoms. The SMILES string of the molecule is O=C(O)c1cc2c(cc1F)C(=O)N(Cc1ccccc1)Cc1nc(C3CC3)cn1-2. The molecule has 5 rings (SSSR count). The smallest absolute Gasteiger partial charge is 0.338 e. The minimum Gasteiger partial charge on any atom is -0.478 e. The van der Waals surface area contributed by atoms with Gasteiger partial charge in [-0.25, -0.2) is 14.2 Å². The van der Waals surface area contributed by atoms with E-state index in [0.29, 0.717) is 24.0 Å². The number of halogens is 1. The first-order valence-electron chi connectivity index (χ1n) is 9.50. The number of fused-ring (bicyclic) bond motifs is 3. The first-order chi connectivity index (χ1) is 14.0. The van der Waals surface area contributed by atoms with E-state index in [1.165, 1.54) is 6.07 Å². The maximum atomic E-state index is 14.4. The Balaban J connectivity index is 1.66. The number of amides is 1. The third-order valence-corrected chi connectivity index (χ3v) is 5.43. The van der Waals surface area contributed by atoms with Crippen molar-refractivity contribution in [2.45, 2.75) is 31.8 Å². The Morgan fingerprint density at radius 1 is 1.21 bits per heavy atom. The number of benzene rings is 2. The molecule has 1 amide bonds. The highest BCUT2D eigenvalue weighted by Crippen LogP contribution is 2.40. The summed E-state index contributed by atoms with van der Waals surface area (Å²) in [5, 5.41) is 9.34. The summed E-state index contributed by atoms with van der Waals surface area (Å²) in [4.78, 5) is 31.0. The molecule has 2 aromatic carbocycles. The summed E-state index contributed by atoms with van der Waals surface area (Å²) in [5.41, 5.74) is 1.93. The molecule has 0 radical (unpaired) electrons. The molecule has 0 spiro atoms. The largest absolute Gasteiger partial charge is 0.478 e. The molecule has 0 saturated heterocycles. The number of hydrogen-bond acceptors (Lipinski definition) is 3. The quantitative estimate of drug-likeness (QED) is 0.735. The summed E-state index contributed by atoms with van der Waals surface area (Å²) in [7, 11) is 0. The lowest BCUT2D eigenvalue weighted by Crippen LogP contribution is -2.29. The number of carboxylic acid groups (broad SMARTS) is 1. The number of aromatic nitrogens is 2. The van der Waals surface area contributed by atoms with Gasteiger partial charge in [0.05, 0.1) is 29.1 Å². The van der Waals surface area contributed by atoms with Crippen LogP contribution in [0.4, 0.5) is 4.39 Å². The Morgan fingerprint density at radius 3 is 2.66 bits per heavy atom. The predicted molar refractivity (Wildman–Crippen MR) is 102 cm³/mol. The third-order valence-electron chi connectivity index (χ3n) is 5.43. The second-order valence-corrected chi connectivity index (χ2v) is 7.53. The van der Waals surface area contributed by atoms with E-state index in [9.17, 15) is 19.1 Å². The van der Waals surface area contributed by atoms with Crippen molar-refractivity contribution in [3.8, 4) is 5.69 Å². The molecular formula is C22H18FN3O3. The van der Waals surface area contributed by atoms with Crippen LogP contribution in [0, 0.1) is 5.82 Å². The second-order valence-electron chi connectivity index (χ2n) is 7.53. The highest BCUT2D eigenvalue weighted by atomic mass is 19.1. The molecule has 1 aliphatic carbocycles. The third kappa shape index (κ3) is 3.08. The van der Waals surface area contributed by atoms with Gasteiger partial charge in [0, 0.05) is 18.7 Å². The molecule has 6 nitrogen and oxygen atoms in total. The van der Waals surface area contributed by atoms with E-state index in [0.717, 1.165) is 30.2 Å². The van der Waals surface area contributed by atoms with Crippen molar-refractivity contribution in [1.29, 1.82) is 0 Å². The van der Waals surface area contributed by atoms with Crippen molar-refractivity contribution >= 4 is 11.9 Å². The number of carboxylic acids is 1. The molecule has 1 aromatic heterocycles. The monoisotopic (exact) mass is 391 g/mol. The van der Waals surface area contributed by atoms with Gasteiger partial charge in [0.2, 0.25) is 0 Å². The first kappa shape index (κ1) is 17.6. The van der Waals surface area contributed by atoms with Crippen molar-refractivity contribution in [2.75, 3.05) is 0 Å². The van der Waals surface area contributed by atoms with Crippen LogP contribution in [0.3, 0.4) is 0 Å². The number of rotatable bonds is 4. The Morgan fingerprint density at radius 2 is 1.97 bits per heavy atom. The fourth-order valence-corrected chi connectivity index (χ4v) is 3.78. The molecule has 1 fully saturated rings. The van der Waals surface area contributed by atoms with Crippen LogP contribution in [0.5, 0.6) is 0 Å². The van der Waals surface area contributed by atoms with Crippen LogP contribution in [0.15, 0.2) is 48.7 Å². The van der Waals surface area contributed by atoms with Crippen molar-refractivity contribution < 1.29 is 19.1 Å². The van der Waals surface area contributed by atoms with Gasteiger partial charge in [-0.05, 0) is 30.5 Å². The molecule has 0 bridgehead atoms. The molecular weight excluding hydrogens is 373 g/mol. The van der Waals surface area contributed by atoms with Crippen LogP contribution in [0.1, 0.15) is 56.6 Å². The summed E-state index contributed by atoms with van der Waals surface area (Å²) < 4.78 is 16.2. The van der Waals surface area contributed by atoms with Crippen LogP contribution in [-0.2, 0) is 13.1 Å². The Kier molecular flexibility index (Phi) is 3.97. The van der Waals surface area contributed by atoms with Gasteiger partial charge < -0.3 is 14.6 Å². The molecule has 2 heterocycles. The molecule has 1 N–H and O–H groups in total. The number of hydrogen-bond donors (Lipinski definition) is 1. The topological polar surface area (TPSA) is 75.4 Å². The number of aromatic carboxylic acids is 1. The highest BCUT2D eigenvalue weighted by Gasteiger charge is 2.33. The zero-order chi connectivity index (χ0) is 20.1. The number of imidazole rings is 1.